The number of nitrogens with one attached hydrogen (secondary N) is 2. The van der Waals surface area contributed by atoms with Gasteiger partial charge < -0.3 is 20.3 Å². The smallest absolute Gasteiger partial charge is 0.367 e. The Hall–Kier alpha value is -1.07. The van der Waals surface area contributed by atoms with Crippen LogP contribution in [0.2, 0.25) is 0 Å². The Bertz CT molecular complexity index is 618. The molecule has 1 heterocycles. The van der Waals surface area contributed by atoms with Crippen LogP contribution in [-0.2, 0) is 17.9 Å². The molecule has 5 nitrogen and oxygen atoms in total. The van der Waals surface area contributed by atoms with E-state index in [1.807, 2.05) is 12.1 Å². The van der Waals surface area contributed by atoms with E-state index in [1.54, 1.807) is 19.2 Å². The summed E-state index contributed by atoms with van der Waals surface area (Å²) in [5.41, 5.74) is 1.74. The van der Waals surface area contributed by atoms with Gasteiger partial charge in [0.1, 0.15) is 6.61 Å². The van der Waals surface area contributed by atoms with E-state index in [4.69, 9.17) is 0 Å². The number of likely N-dealkylation sites (tertiary alicyclic amines) is 1. The van der Waals surface area contributed by atoms with Gasteiger partial charge in [-0.3, -0.25) is 4.99 Å². The average molecular weight is 542 g/mol. The molecule has 0 aromatic heterocycles. The van der Waals surface area contributed by atoms with E-state index in [1.165, 1.54) is 25.9 Å². The molecule has 1 aromatic carbocycles. The number of guanidine groups is 1. The first-order valence-electron chi connectivity index (χ1n) is 10.2. The average Bonchev–Trinajstić information content (AvgIpc) is 2.69. The number of halogens is 4. The Morgan fingerprint density at radius 2 is 1.77 bits per heavy atom. The molecular weight excluding hydrogens is 508 g/mol. The molecule has 0 spiro atoms. The molecule has 0 atom stereocenters. The minimum absolute atomic E-state index is 0. The molecule has 0 aliphatic carbocycles. The Labute approximate surface area is 194 Å². The van der Waals surface area contributed by atoms with Crippen LogP contribution in [0.5, 0.6) is 0 Å². The lowest BCUT2D eigenvalue weighted by atomic mass is 9.99. The zero-order valence-electron chi connectivity index (χ0n) is 17.8. The van der Waals surface area contributed by atoms with Crippen molar-refractivity contribution in [3.8, 4) is 0 Å². The molecule has 0 saturated carbocycles. The summed E-state index contributed by atoms with van der Waals surface area (Å²) in [6.45, 7) is 6.01. The molecule has 2 N–H and O–H groups in total. The first kappa shape index (κ1) is 27.0. The van der Waals surface area contributed by atoms with Gasteiger partial charge in [-0.15, -0.1) is 24.0 Å². The van der Waals surface area contributed by atoms with E-state index in [2.05, 4.69) is 32.2 Å². The van der Waals surface area contributed by atoms with Gasteiger partial charge in [-0.1, -0.05) is 31.2 Å². The molecule has 1 aliphatic heterocycles. The van der Waals surface area contributed by atoms with E-state index >= 15 is 0 Å². The SMILES string of the molecule is CN=C(NCCCN1CCC(C)CC1)NCc1ccc(COCC(F)(F)F)cc1.I. The van der Waals surface area contributed by atoms with Crippen LogP contribution in [0.15, 0.2) is 29.3 Å². The highest BCUT2D eigenvalue weighted by molar-refractivity contribution is 14.0. The minimum Gasteiger partial charge on any atom is -0.367 e. The summed E-state index contributed by atoms with van der Waals surface area (Å²) >= 11 is 0. The maximum absolute atomic E-state index is 12.1. The van der Waals surface area contributed by atoms with Gasteiger partial charge in [0.15, 0.2) is 5.96 Å². The van der Waals surface area contributed by atoms with Crippen LogP contribution in [0.4, 0.5) is 13.2 Å². The highest BCUT2D eigenvalue weighted by atomic mass is 127. The molecule has 0 bridgehead atoms. The zero-order valence-corrected chi connectivity index (χ0v) is 20.1. The van der Waals surface area contributed by atoms with Gasteiger partial charge in [0.05, 0.1) is 6.61 Å². The van der Waals surface area contributed by atoms with Gasteiger partial charge in [0.2, 0.25) is 0 Å². The third kappa shape index (κ3) is 11.4. The second-order valence-electron chi connectivity index (χ2n) is 7.65. The molecule has 1 aliphatic rings. The summed E-state index contributed by atoms with van der Waals surface area (Å²) in [5.74, 6) is 1.60. The van der Waals surface area contributed by atoms with Crippen LogP contribution >= 0.6 is 24.0 Å². The maximum atomic E-state index is 12.1. The fourth-order valence-corrected chi connectivity index (χ4v) is 3.24. The summed E-state index contributed by atoms with van der Waals surface area (Å²) in [6, 6.07) is 7.32. The number of alkyl halides is 3. The molecule has 1 fully saturated rings. The predicted octanol–water partition coefficient (Wildman–Crippen LogP) is 4.17. The highest BCUT2D eigenvalue weighted by Crippen LogP contribution is 2.16. The van der Waals surface area contributed by atoms with Crippen LogP contribution < -0.4 is 10.6 Å². The van der Waals surface area contributed by atoms with E-state index in [-0.39, 0.29) is 30.6 Å². The molecule has 2 rings (SSSR count). The molecule has 172 valence electrons. The molecule has 0 unspecified atom stereocenters. The molecule has 1 saturated heterocycles. The zero-order chi connectivity index (χ0) is 21.1. The minimum atomic E-state index is -4.29. The number of nitrogens with zero attached hydrogens (tertiary/aromatic N) is 2. The number of hydrogen-bond acceptors (Lipinski definition) is 3. The lowest BCUT2D eigenvalue weighted by Crippen LogP contribution is -2.39. The van der Waals surface area contributed by atoms with Crippen molar-refractivity contribution in [2.45, 2.75) is 45.5 Å². The quantitative estimate of drug-likeness (QED) is 0.213. The molecular formula is C21H34F3IN4O. The molecule has 9 heteroatoms. The predicted molar refractivity (Wildman–Crippen MR) is 125 cm³/mol. The number of aliphatic imine (C=N–C) groups is 1. The van der Waals surface area contributed by atoms with Gasteiger partial charge >= 0.3 is 6.18 Å². The van der Waals surface area contributed by atoms with Gasteiger partial charge in [-0.25, -0.2) is 0 Å². The Kier molecular flexibility index (Phi) is 12.7. The second kappa shape index (κ2) is 14.1. The van der Waals surface area contributed by atoms with Crippen LogP contribution in [0.25, 0.3) is 0 Å². The Balaban J connectivity index is 0.00000450. The third-order valence-corrected chi connectivity index (χ3v) is 5.06. The summed E-state index contributed by atoms with van der Waals surface area (Å²) in [7, 11) is 1.74. The van der Waals surface area contributed by atoms with E-state index in [0.29, 0.717) is 12.1 Å². The first-order valence-corrected chi connectivity index (χ1v) is 10.2. The Morgan fingerprint density at radius 1 is 1.13 bits per heavy atom. The van der Waals surface area contributed by atoms with E-state index in [0.717, 1.165) is 37.0 Å². The number of hydrogen-bond donors (Lipinski definition) is 2. The van der Waals surface area contributed by atoms with Gasteiger partial charge in [-0.2, -0.15) is 13.2 Å². The standard InChI is InChI=1S/C21H33F3N4O.HI/c1-17-8-12-28(13-9-17)11-3-10-26-20(25-2)27-14-18-4-6-19(7-5-18)15-29-16-21(22,23)24;/h4-7,17H,3,8-16H2,1-2H3,(H2,25,26,27);1H. The topological polar surface area (TPSA) is 48.9 Å². The molecule has 0 radical (unpaired) electrons. The van der Waals surface area contributed by atoms with Crippen LogP contribution in [0.3, 0.4) is 0 Å². The molecule has 1 aromatic rings. The van der Waals surface area contributed by atoms with Crippen molar-refractivity contribution in [2.24, 2.45) is 10.9 Å². The number of ether oxygens (including phenoxy) is 1. The second-order valence-corrected chi connectivity index (χ2v) is 7.65. The fraction of sp³-hybridized carbons (Fsp3) is 0.667. The van der Waals surface area contributed by atoms with E-state index < -0.39 is 12.8 Å². The van der Waals surface area contributed by atoms with Crippen molar-refractivity contribution < 1.29 is 17.9 Å². The van der Waals surface area contributed by atoms with Crippen LogP contribution in [0.1, 0.15) is 37.3 Å². The first-order chi connectivity index (χ1) is 13.9. The summed E-state index contributed by atoms with van der Waals surface area (Å²) in [6.07, 6.45) is -0.630. The lowest BCUT2D eigenvalue weighted by molar-refractivity contribution is -0.176. The third-order valence-electron chi connectivity index (χ3n) is 5.06. The van der Waals surface area contributed by atoms with Gasteiger partial charge in [0, 0.05) is 20.1 Å². The summed E-state index contributed by atoms with van der Waals surface area (Å²) in [5, 5.41) is 6.58. The largest absolute Gasteiger partial charge is 0.411 e. The summed E-state index contributed by atoms with van der Waals surface area (Å²) in [4.78, 5) is 6.76. The van der Waals surface area contributed by atoms with Crippen molar-refractivity contribution in [1.82, 2.24) is 15.5 Å². The monoisotopic (exact) mass is 542 g/mol. The van der Waals surface area contributed by atoms with Crippen molar-refractivity contribution in [3.63, 3.8) is 0 Å². The van der Waals surface area contributed by atoms with Crippen LogP contribution in [0, 0.1) is 5.92 Å². The molecule has 0 amide bonds. The number of piperidine rings is 1. The Morgan fingerprint density at radius 3 is 2.37 bits per heavy atom. The molecule has 30 heavy (non-hydrogen) atoms. The fourth-order valence-electron chi connectivity index (χ4n) is 3.24. The number of benzene rings is 1. The lowest BCUT2D eigenvalue weighted by Gasteiger charge is -2.30. The van der Waals surface area contributed by atoms with Gasteiger partial charge in [0.25, 0.3) is 0 Å². The van der Waals surface area contributed by atoms with Crippen molar-refractivity contribution in [2.75, 3.05) is 39.8 Å². The normalized spacial score (nSPS) is 16.2. The van der Waals surface area contributed by atoms with Crippen LogP contribution in [-0.4, -0.2) is 56.9 Å². The van der Waals surface area contributed by atoms with Crippen molar-refractivity contribution >= 4 is 29.9 Å². The van der Waals surface area contributed by atoms with E-state index in [9.17, 15) is 13.2 Å². The summed E-state index contributed by atoms with van der Waals surface area (Å²) < 4.78 is 41.0. The van der Waals surface area contributed by atoms with Crippen molar-refractivity contribution in [1.29, 1.82) is 0 Å². The maximum Gasteiger partial charge on any atom is 0.411 e. The van der Waals surface area contributed by atoms with Crippen molar-refractivity contribution in [3.05, 3.63) is 35.4 Å². The van der Waals surface area contributed by atoms with Gasteiger partial charge in [-0.05, 0) is 55.9 Å². The highest BCUT2D eigenvalue weighted by Gasteiger charge is 2.27. The number of rotatable bonds is 9.